The van der Waals surface area contributed by atoms with E-state index in [1.165, 1.54) is 44.1 Å². The minimum atomic E-state index is 0.429. The van der Waals surface area contributed by atoms with E-state index < -0.39 is 0 Å². The molecule has 1 N–H and O–H groups in total. The van der Waals surface area contributed by atoms with E-state index in [1.807, 2.05) is 6.92 Å². The summed E-state index contributed by atoms with van der Waals surface area (Å²) in [6, 6.07) is 9.63. The van der Waals surface area contributed by atoms with Gasteiger partial charge in [-0.1, -0.05) is 37.8 Å². The fourth-order valence-electron chi connectivity index (χ4n) is 2.92. The van der Waals surface area contributed by atoms with Crippen LogP contribution in [0.2, 0.25) is 0 Å². The maximum atomic E-state index is 5.49. The van der Waals surface area contributed by atoms with Gasteiger partial charge in [0.05, 0.1) is 6.61 Å². The highest BCUT2D eigenvalue weighted by Gasteiger charge is 2.15. The zero-order chi connectivity index (χ0) is 13.5. The topological polar surface area (TPSA) is 21.3 Å². The van der Waals surface area contributed by atoms with Gasteiger partial charge in [-0.15, -0.1) is 0 Å². The van der Waals surface area contributed by atoms with Crippen LogP contribution in [0.25, 0.3) is 0 Å². The summed E-state index contributed by atoms with van der Waals surface area (Å²) in [5, 5.41) is 3.79. The molecule has 2 heteroatoms. The average Bonchev–Trinajstić information content (AvgIpc) is 2.68. The van der Waals surface area contributed by atoms with Crippen LogP contribution in [0.1, 0.15) is 64.0 Å². The third kappa shape index (κ3) is 4.54. The van der Waals surface area contributed by atoms with Crippen molar-refractivity contribution in [1.82, 2.24) is 5.32 Å². The second-order valence-corrected chi connectivity index (χ2v) is 5.58. The average molecular weight is 261 g/mol. The van der Waals surface area contributed by atoms with Gasteiger partial charge >= 0.3 is 0 Å². The number of ether oxygens (including phenoxy) is 1. The highest BCUT2D eigenvalue weighted by molar-refractivity contribution is 5.29. The molecule has 0 saturated heterocycles. The Labute approximate surface area is 117 Å². The smallest absolute Gasteiger partial charge is 0.119 e. The SMILES string of the molecule is CCOc1ccc(C(C)NC2CCCCCC2)cc1. The Morgan fingerprint density at radius 3 is 2.32 bits per heavy atom. The summed E-state index contributed by atoms with van der Waals surface area (Å²) in [6.45, 7) is 5.01. The largest absolute Gasteiger partial charge is 0.494 e. The molecule has 0 bridgehead atoms. The fourth-order valence-corrected chi connectivity index (χ4v) is 2.92. The van der Waals surface area contributed by atoms with Crippen molar-refractivity contribution in [3.8, 4) is 5.75 Å². The summed E-state index contributed by atoms with van der Waals surface area (Å²) in [5.41, 5.74) is 1.35. The summed E-state index contributed by atoms with van der Waals surface area (Å²) < 4.78 is 5.49. The molecule has 1 unspecified atom stereocenters. The Balaban J connectivity index is 1.89. The van der Waals surface area contributed by atoms with Crippen molar-refractivity contribution in [3.63, 3.8) is 0 Å². The van der Waals surface area contributed by atoms with Gasteiger partial charge in [-0.2, -0.15) is 0 Å². The lowest BCUT2D eigenvalue weighted by molar-refractivity contribution is 0.340. The molecule has 1 aromatic carbocycles. The highest BCUT2D eigenvalue weighted by Crippen LogP contribution is 2.22. The van der Waals surface area contributed by atoms with Gasteiger partial charge in [-0.25, -0.2) is 0 Å². The maximum Gasteiger partial charge on any atom is 0.119 e. The molecule has 1 saturated carbocycles. The maximum absolute atomic E-state index is 5.49. The van der Waals surface area contributed by atoms with E-state index in [-0.39, 0.29) is 0 Å². The van der Waals surface area contributed by atoms with Crippen LogP contribution in [-0.4, -0.2) is 12.6 Å². The van der Waals surface area contributed by atoms with Crippen molar-refractivity contribution in [1.29, 1.82) is 0 Å². The minimum absolute atomic E-state index is 0.429. The van der Waals surface area contributed by atoms with Crippen molar-refractivity contribution in [2.24, 2.45) is 0 Å². The van der Waals surface area contributed by atoms with E-state index in [0.717, 1.165) is 12.4 Å². The van der Waals surface area contributed by atoms with Crippen LogP contribution in [-0.2, 0) is 0 Å². The van der Waals surface area contributed by atoms with Crippen LogP contribution in [0.5, 0.6) is 5.75 Å². The van der Waals surface area contributed by atoms with Crippen molar-refractivity contribution < 1.29 is 4.74 Å². The van der Waals surface area contributed by atoms with Gasteiger partial charge in [-0.05, 0) is 44.4 Å². The van der Waals surface area contributed by atoms with Crippen molar-refractivity contribution >= 4 is 0 Å². The zero-order valence-electron chi connectivity index (χ0n) is 12.3. The first-order valence-electron chi connectivity index (χ1n) is 7.78. The molecule has 0 heterocycles. The second kappa shape index (κ2) is 7.54. The molecule has 2 rings (SSSR count). The van der Waals surface area contributed by atoms with E-state index in [4.69, 9.17) is 4.74 Å². The third-order valence-corrected chi connectivity index (χ3v) is 4.03. The summed E-state index contributed by atoms with van der Waals surface area (Å²) in [4.78, 5) is 0. The Kier molecular flexibility index (Phi) is 5.71. The standard InChI is InChI=1S/C17H27NO/c1-3-19-17-12-10-15(11-13-17)14(2)18-16-8-6-4-5-7-9-16/h10-14,16,18H,3-9H2,1-2H3. The molecule has 1 atom stereocenters. The Morgan fingerprint density at radius 1 is 1.11 bits per heavy atom. The highest BCUT2D eigenvalue weighted by atomic mass is 16.5. The summed E-state index contributed by atoms with van der Waals surface area (Å²) >= 11 is 0. The molecule has 2 nitrogen and oxygen atoms in total. The third-order valence-electron chi connectivity index (χ3n) is 4.03. The van der Waals surface area contributed by atoms with E-state index in [1.54, 1.807) is 0 Å². The van der Waals surface area contributed by atoms with Crippen LogP contribution < -0.4 is 10.1 Å². The number of nitrogens with one attached hydrogen (secondary N) is 1. The lowest BCUT2D eigenvalue weighted by Gasteiger charge is -2.22. The molecular formula is C17H27NO. The van der Waals surface area contributed by atoms with E-state index in [0.29, 0.717) is 12.1 Å². The molecule has 0 amide bonds. The molecular weight excluding hydrogens is 234 g/mol. The van der Waals surface area contributed by atoms with Crippen LogP contribution in [0, 0.1) is 0 Å². The van der Waals surface area contributed by atoms with Gasteiger partial charge in [-0.3, -0.25) is 0 Å². The summed E-state index contributed by atoms with van der Waals surface area (Å²) in [7, 11) is 0. The number of benzene rings is 1. The monoisotopic (exact) mass is 261 g/mol. The van der Waals surface area contributed by atoms with Gasteiger partial charge in [0, 0.05) is 12.1 Å². The first kappa shape index (κ1) is 14.4. The molecule has 19 heavy (non-hydrogen) atoms. The van der Waals surface area contributed by atoms with E-state index in [9.17, 15) is 0 Å². The van der Waals surface area contributed by atoms with Gasteiger partial charge in [0.1, 0.15) is 5.75 Å². The van der Waals surface area contributed by atoms with E-state index in [2.05, 4.69) is 36.5 Å². The van der Waals surface area contributed by atoms with Crippen LogP contribution in [0.4, 0.5) is 0 Å². The number of hydrogen-bond acceptors (Lipinski definition) is 2. The van der Waals surface area contributed by atoms with Crippen molar-refractivity contribution in [3.05, 3.63) is 29.8 Å². The molecule has 0 aliphatic heterocycles. The molecule has 1 aliphatic carbocycles. The first-order valence-corrected chi connectivity index (χ1v) is 7.78. The number of rotatable bonds is 5. The van der Waals surface area contributed by atoms with Crippen molar-refractivity contribution in [2.75, 3.05) is 6.61 Å². The molecule has 106 valence electrons. The summed E-state index contributed by atoms with van der Waals surface area (Å²) in [5.74, 6) is 0.966. The van der Waals surface area contributed by atoms with Crippen LogP contribution in [0.3, 0.4) is 0 Å². The normalized spacial score (nSPS) is 18.8. The molecule has 1 aromatic rings. The Bertz CT molecular complexity index is 352. The lowest BCUT2D eigenvalue weighted by atomic mass is 10.0. The van der Waals surface area contributed by atoms with Crippen molar-refractivity contribution in [2.45, 2.75) is 64.5 Å². The predicted molar refractivity (Wildman–Crippen MR) is 80.7 cm³/mol. The first-order chi connectivity index (χ1) is 9.29. The quantitative estimate of drug-likeness (QED) is 0.790. The second-order valence-electron chi connectivity index (χ2n) is 5.58. The molecule has 1 aliphatic rings. The Morgan fingerprint density at radius 2 is 1.74 bits per heavy atom. The fraction of sp³-hybridized carbons (Fsp3) is 0.647. The molecule has 0 radical (unpaired) electrons. The summed E-state index contributed by atoms with van der Waals surface area (Å²) in [6.07, 6.45) is 8.26. The molecule has 0 spiro atoms. The number of hydrogen-bond donors (Lipinski definition) is 1. The van der Waals surface area contributed by atoms with Crippen LogP contribution >= 0.6 is 0 Å². The molecule has 0 aromatic heterocycles. The van der Waals surface area contributed by atoms with E-state index >= 15 is 0 Å². The van der Waals surface area contributed by atoms with Crippen LogP contribution in [0.15, 0.2) is 24.3 Å². The van der Waals surface area contributed by atoms with Gasteiger partial charge in [0.15, 0.2) is 0 Å². The predicted octanol–water partition coefficient (Wildman–Crippen LogP) is 4.46. The minimum Gasteiger partial charge on any atom is -0.494 e. The Hall–Kier alpha value is -1.02. The van der Waals surface area contributed by atoms with Gasteiger partial charge in [0.2, 0.25) is 0 Å². The molecule has 1 fully saturated rings. The lowest BCUT2D eigenvalue weighted by Crippen LogP contribution is -2.31. The van der Waals surface area contributed by atoms with Gasteiger partial charge in [0.25, 0.3) is 0 Å². The van der Waals surface area contributed by atoms with Gasteiger partial charge < -0.3 is 10.1 Å². The zero-order valence-corrected chi connectivity index (χ0v) is 12.3.